The fraction of sp³-hybridized carbons (Fsp3) is 0.438. The van der Waals surface area contributed by atoms with E-state index < -0.39 is 34.1 Å². The summed E-state index contributed by atoms with van der Waals surface area (Å²) in [5, 5.41) is 1.91. The van der Waals surface area contributed by atoms with E-state index in [1.54, 1.807) is 12.1 Å². The molecule has 10 heteroatoms. The first kappa shape index (κ1) is 19.7. The van der Waals surface area contributed by atoms with Gasteiger partial charge in [-0.25, -0.2) is 18.0 Å². The molecule has 1 atom stereocenters. The molecule has 1 aromatic rings. The van der Waals surface area contributed by atoms with Gasteiger partial charge < -0.3 is 9.47 Å². The van der Waals surface area contributed by atoms with E-state index in [0.29, 0.717) is 30.6 Å². The Balaban J connectivity index is 2.14. The second kappa shape index (κ2) is 7.73. The smallest absolute Gasteiger partial charge is 0.413 e. The van der Waals surface area contributed by atoms with Gasteiger partial charge in [0.25, 0.3) is 5.91 Å². The molecule has 9 nitrogen and oxygen atoms in total. The van der Waals surface area contributed by atoms with E-state index in [0.717, 1.165) is 13.4 Å². The summed E-state index contributed by atoms with van der Waals surface area (Å²) in [5.41, 5.74) is 1.44. The lowest BCUT2D eigenvalue weighted by molar-refractivity contribution is -0.128. The SMILES string of the molecule is COC(=O)NC(=O)[C@@H](C)OC(=O)c1ccc2c(c1)CCCN2S(C)(=O)=O. The number of aryl methyl sites for hydroxylation is 1. The van der Waals surface area contributed by atoms with Gasteiger partial charge in [0.15, 0.2) is 6.10 Å². The van der Waals surface area contributed by atoms with Crippen LogP contribution < -0.4 is 9.62 Å². The molecular weight excluding hydrogens is 364 g/mol. The number of nitrogens with one attached hydrogen (secondary N) is 1. The summed E-state index contributed by atoms with van der Waals surface area (Å²) in [6.45, 7) is 1.71. The summed E-state index contributed by atoms with van der Waals surface area (Å²) in [5.74, 6) is -1.57. The third-order valence-corrected chi connectivity index (χ3v) is 5.04. The molecule has 1 N–H and O–H groups in total. The van der Waals surface area contributed by atoms with Crippen LogP contribution in [-0.4, -0.2) is 52.4 Å². The number of anilines is 1. The number of rotatable bonds is 4. The second-order valence-corrected chi connectivity index (χ2v) is 7.72. The number of ether oxygens (including phenoxy) is 2. The molecule has 1 aromatic carbocycles. The quantitative estimate of drug-likeness (QED) is 0.764. The second-order valence-electron chi connectivity index (χ2n) is 5.81. The van der Waals surface area contributed by atoms with Crippen molar-refractivity contribution in [3.05, 3.63) is 29.3 Å². The van der Waals surface area contributed by atoms with Crippen molar-refractivity contribution in [2.45, 2.75) is 25.9 Å². The van der Waals surface area contributed by atoms with Crippen LogP contribution in [0.1, 0.15) is 29.3 Å². The maximum atomic E-state index is 12.2. The van der Waals surface area contributed by atoms with Gasteiger partial charge in [-0.1, -0.05) is 0 Å². The fourth-order valence-electron chi connectivity index (χ4n) is 2.57. The zero-order chi connectivity index (χ0) is 19.5. The van der Waals surface area contributed by atoms with Gasteiger partial charge in [0.05, 0.1) is 24.6 Å². The minimum atomic E-state index is -3.40. The molecule has 0 bridgehead atoms. The first-order valence-electron chi connectivity index (χ1n) is 7.84. The Morgan fingerprint density at radius 2 is 1.96 bits per heavy atom. The van der Waals surface area contributed by atoms with Crippen LogP contribution in [0, 0.1) is 0 Å². The number of fused-ring (bicyclic) bond motifs is 1. The van der Waals surface area contributed by atoms with Crippen LogP contribution >= 0.6 is 0 Å². The maximum Gasteiger partial charge on any atom is 0.413 e. The third-order valence-electron chi connectivity index (χ3n) is 3.86. The van der Waals surface area contributed by atoms with Gasteiger partial charge in [0, 0.05) is 6.54 Å². The first-order valence-corrected chi connectivity index (χ1v) is 9.68. The van der Waals surface area contributed by atoms with Gasteiger partial charge in [-0.15, -0.1) is 0 Å². The highest BCUT2D eigenvalue weighted by atomic mass is 32.2. The van der Waals surface area contributed by atoms with Crippen LogP contribution in [-0.2, 0) is 30.7 Å². The van der Waals surface area contributed by atoms with E-state index in [-0.39, 0.29) is 5.56 Å². The summed E-state index contributed by atoms with van der Waals surface area (Å²) < 4.78 is 34.3. The minimum absolute atomic E-state index is 0.191. The molecule has 1 aliphatic rings. The number of alkyl carbamates (subject to hydrolysis) is 1. The first-order chi connectivity index (χ1) is 12.1. The summed E-state index contributed by atoms with van der Waals surface area (Å²) in [4.78, 5) is 34.9. The van der Waals surface area contributed by atoms with Gasteiger partial charge in [-0.2, -0.15) is 0 Å². The van der Waals surface area contributed by atoms with E-state index in [1.165, 1.54) is 17.3 Å². The van der Waals surface area contributed by atoms with Crippen LogP contribution in [0.5, 0.6) is 0 Å². The van der Waals surface area contributed by atoms with Gasteiger partial charge in [-0.3, -0.25) is 14.4 Å². The largest absolute Gasteiger partial charge is 0.453 e. The van der Waals surface area contributed by atoms with Crippen molar-refractivity contribution in [2.24, 2.45) is 0 Å². The Morgan fingerprint density at radius 1 is 1.27 bits per heavy atom. The van der Waals surface area contributed by atoms with Gasteiger partial charge in [0.1, 0.15) is 0 Å². The van der Waals surface area contributed by atoms with Crippen LogP contribution in [0.15, 0.2) is 18.2 Å². The molecule has 0 aliphatic carbocycles. The lowest BCUT2D eigenvalue weighted by Crippen LogP contribution is -2.39. The molecule has 0 fully saturated rings. The van der Waals surface area contributed by atoms with Crippen LogP contribution in [0.2, 0.25) is 0 Å². The standard InChI is InChI=1S/C16H20N2O7S/c1-10(14(19)17-16(21)24-2)25-15(20)12-6-7-13-11(9-12)5-4-8-18(13)26(3,22)23/h6-7,9-10H,4-5,8H2,1-3H3,(H,17,19,21)/t10-/m1/s1. The van der Waals surface area contributed by atoms with Gasteiger partial charge in [-0.05, 0) is 43.5 Å². The number of amides is 2. The molecule has 142 valence electrons. The highest BCUT2D eigenvalue weighted by Gasteiger charge is 2.26. The number of hydrogen-bond acceptors (Lipinski definition) is 7. The number of esters is 1. The zero-order valence-electron chi connectivity index (χ0n) is 14.6. The normalized spacial score (nSPS) is 14.8. The van der Waals surface area contributed by atoms with E-state index in [4.69, 9.17) is 4.74 Å². The lowest BCUT2D eigenvalue weighted by Gasteiger charge is -2.29. The number of carbonyl (C=O) groups is 3. The average Bonchev–Trinajstić information content (AvgIpc) is 2.59. The van der Waals surface area contributed by atoms with E-state index >= 15 is 0 Å². The van der Waals surface area contributed by atoms with E-state index in [2.05, 4.69) is 4.74 Å². The highest BCUT2D eigenvalue weighted by Crippen LogP contribution is 2.30. The topological polar surface area (TPSA) is 119 Å². The highest BCUT2D eigenvalue weighted by molar-refractivity contribution is 7.92. The van der Waals surface area contributed by atoms with Crippen molar-refractivity contribution in [1.82, 2.24) is 5.32 Å². The Labute approximate surface area is 151 Å². The van der Waals surface area contributed by atoms with Crippen molar-refractivity contribution in [1.29, 1.82) is 0 Å². The number of imide groups is 1. The summed E-state index contributed by atoms with van der Waals surface area (Å²) in [7, 11) is -2.29. The number of carbonyl (C=O) groups excluding carboxylic acids is 3. The molecule has 1 aliphatic heterocycles. The van der Waals surface area contributed by atoms with E-state index in [1.807, 2.05) is 5.32 Å². The van der Waals surface area contributed by atoms with Crippen LogP contribution in [0.3, 0.4) is 0 Å². The summed E-state index contributed by atoms with van der Waals surface area (Å²) in [6.07, 6.45) is 0.237. The molecule has 0 spiro atoms. The van der Waals surface area contributed by atoms with Crippen molar-refractivity contribution >= 4 is 33.7 Å². The summed E-state index contributed by atoms with van der Waals surface area (Å²) in [6, 6.07) is 4.54. The molecule has 0 saturated heterocycles. The Bertz CT molecular complexity index is 835. The maximum absolute atomic E-state index is 12.2. The van der Waals surface area contributed by atoms with Crippen LogP contribution in [0.25, 0.3) is 0 Å². The lowest BCUT2D eigenvalue weighted by atomic mass is 10.0. The molecule has 2 rings (SSSR count). The number of nitrogens with zero attached hydrogens (tertiary/aromatic N) is 1. The molecule has 1 heterocycles. The molecule has 0 saturated carbocycles. The molecule has 0 aromatic heterocycles. The Hall–Kier alpha value is -2.62. The van der Waals surface area contributed by atoms with Crippen molar-refractivity contribution in [3.63, 3.8) is 0 Å². The number of hydrogen-bond donors (Lipinski definition) is 1. The van der Waals surface area contributed by atoms with Gasteiger partial charge in [0.2, 0.25) is 10.0 Å². The monoisotopic (exact) mass is 384 g/mol. The molecule has 0 radical (unpaired) electrons. The molecule has 2 amide bonds. The average molecular weight is 384 g/mol. The Morgan fingerprint density at radius 3 is 2.58 bits per heavy atom. The third kappa shape index (κ3) is 4.51. The van der Waals surface area contributed by atoms with Crippen molar-refractivity contribution in [2.75, 3.05) is 24.2 Å². The number of methoxy groups -OCH3 is 1. The summed E-state index contributed by atoms with van der Waals surface area (Å²) >= 11 is 0. The molecule has 26 heavy (non-hydrogen) atoms. The fourth-order valence-corrected chi connectivity index (χ4v) is 3.57. The predicted octanol–water partition coefficient (Wildman–Crippen LogP) is 0.827. The van der Waals surface area contributed by atoms with Crippen molar-refractivity contribution < 1.29 is 32.3 Å². The van der Waals surface area contributed by atoms with E-state index in [9.17, 15) is 22.8 Å². The number of benzene rings is 1. The number of sulfonamides is 1. The van der Waals surface area contributed by atoms with Gasteiger partial charge >= 0.3 is 12.1 Å². The Kier molecular flexibility index (Phi) is 5.86. The predicted molar refractivity (Wildman–Crippen MR) is 92.4 cm³/mol. The molecule has 0 unspecified atom stereocenters. The van der Waals surface area contributed by atoms with Crippen molar-refractivity contribution in [3.8, 4) is 0 Å². The minimum Gasteiger partial charge on any atom is -0.453 e. The molecular formula is C16H20N2O7S. The zero-order valence-corrected chi connectivity index (χ0v) is 15.5. The van der Waals surface area contributed by atoms with Crippen LogP contribution in [0.4, 0.5) is 10.5 Å².